The summed E-state index contributed by atoms with van der Waals surface area (Å²) in [5.74, 6) is 0.845. The van der Waals surface area contributed by atoms with Crippen LogP contribution in [0.4, 0.5) is 0 Å². The molecule has 0 saturated heterocycles. The highest BCUT2D eigenvalue weighted by atomic mass is 16.3. The molecule has 0 amide bonds. The quantitative estimate of drug-likeness (QED) is 0.551. The first-order valence-electron chi connectivity index (χ1n) is 9.23. The molecule has 3 aromatic rings. The van der Waals surface area contributed by atoms with Gasteiger partial charge in [0.25, 0.3) is 0 Å². The Kier molecular flexibility index (Phi) is 4.49. The topological polar surface area (TPSA) is 26.0 Å². The Bertz CT molecular complexity index is 866. The number of benzene rings is 2. The standard InChI is InChI=1S/C23H29NO/c1-7-11-20-24-19-15-17(14-18(21(19)25-20)22(2,3)4)23(5,6)16-12-9-8-10-13-16/h8-10,12-15H,7,11H2,1-6H3. The molecule has 0 spiro atoms. The van der Waals surface area contributed by atoms with Crippen molar-refractivity contribution >= 4 is 11.1 Å². The molecular formula is C23H29NO. The zero-order chi connectivity index (χ0) is 18.2. The first-order chi connectivity index (χ1) is 11.7. The lowest BCUT2D eigenvalue weighted by atomic mass is 9.75. The number of fused-ring (bicyclic) bond motifs is 1. The van der Waals surface area contributed by atoms with Crippen LogP contribution in [0.15, 0.2) is 46.9 Å². The van der Waals surface area contributed by atoms with E-state index in [1.165, 1.54) is 16.7 Å². The van der Waals surface area contributed by atoms with Crippen LogP contribution >= 0.6 is 0 Å². The molecule has 0 N–H and O–H groups in total. The molecule has 0 bridgehead atoms. The molecule has 0 atom stereocenters. The maximum Gasteiger partial charge on any atom is 0.195 e. The van der Waals surface area contributed by atoms with Gasteiger partial charge in [0.1, 0.15) is 5.52 Å². The lowest BCUT2D eigenvalue weighted by Crippen LogP contribution is -2.21. The molecule has 2 aromatic carbocycles. The van der Waals surface area contributed by atoms with Gasteiger partial charge in [0.2, 0.25) is 0 Å². The summed E-state index contributed by atoms with van der Waals surface area (Å²) in [5, 5.41) is 0. The fourth-order valence-electron chi connectivity index (χ4n) is 3.34. The van der Waals surface area contributed by atoms with Gasteiger partial charge in [-0.25, -0.2) is 4.98 Å². The van der Waals surface area contributed by atoms with Crippen LogP contribution in [0.1, 0.15) is 70.5 Å². The largest absolute Gasteiger partial charge is 0.440 e. The summed E-state index contributed by atoms with van der Waals surface area (Å²) in [6.07, 6.45) is 1.93. The zero-order valence-corrected chi connectivity index (χ0v) is 16.3. The van der Waals surface area contributed by atoms with Crippen molar-refractivity contribution in [3.05, 3.63) is 65.0 Å². The third-order valence-corrected chi connectivity index (χ3v) is 5.02. The van der Waals surface area contributed by atoms with Crippen molar-refractivity contribution in [3.8, 4) is 0 Å². The summed E-state index contributed by atoms with van der Waals surface area (Å²) in [5.41, 5.74) is 5.68. The van der Waals surface area contributed by atoms with Crippen LogP contribution in [0.3, 0.4) is 0 Å². The van der Waals surface area contributed by atoms with Crippen molar-refractivity contribution in [1.82, 2.24) is 4.98 Å². The van der Waals surface area contributed by atoms with E-state index in [0.29, 0.717) is 0 Å². The van der Waals surface area contributed by atoms with Crippen molar-refractivity contribution in [2.45, 2.75) is 65.2 Å². The number of rotatable bonds is 4. The molecule has 2 heteroatoms. The molecule has 0 radical (unpaired) electrons. The van der Waals surface area contributed by atoms with Crippen molar-refractivity contribution < 1.29 is 4.42 Å². The van der Waals surface area contributed by atoms with Gasteiger partial charge in [0.05, 0.1) is 0 Å². The highest BCUT2D eigenvalue weighted by Gasteiger charge is 2.28. The van der Waals surface area contributed by atoms with E-state index in [0.717, 1.165) is 29.8 Å². The van der Waals surface area contributed by atoms with Gasteiger partial charge in [-0.15, -0.1) is 0 Å². The van der Waals surface area contributed by atoms with Crippen molar-refractivity contribution in [2.75, 3.05) is 0 Å². The minimum Gasteiger partial charge on any atom is -0.440 e. The van der Waals surface area contributed by atoms with Crippen molar-refractivity contribution in [3.63, 3.8) is 0 Å². The third kappa shape index (κ3) is 3.35. The van der Waals surface area contributed by atoms with E-state index in [4.69, 9.17) is 9.40 Å². The second kappa shape index (κ2) is 6.33. The predicted molar refractivity (Wildman–Crippen MR) is 105 cm³/mol. The Balaban J connectivity index is 2.23. The average Bonchev–Trinajstić information content (AvgIpc) is 2.96. The second-order valence-corrected chi connectivity index (χ2v) is 8.47. The molecular weight excluding hydrogens is 306 g/mol. The Hall–Kier alpha value is -2.09. The van der Waals surface area contributed by atoms with Gasteiger partial charge in [-0.2, -0.15) is 0 Å². The lowest BCUT2D eigenvalue weighted by molar-refractivity contribution is 0.507. The zero-order valence-electron chi connectivity index (χ0n) is 16.3. The minimum atomic E-state index is -0.0840. The van der Waals surface area contributed by atoms with Crippen LogP contribution < -0.4 is 0 Å². The van der Waals surface area contributed by atoms with E-state index in [1.54, 1.807) is 0 Å². The molecule has 0 unspecified atom stereocenters. The van der Waals surface area contributed by atoms with Crippen LogP contribution in [0.2, 0.25) is 0 Å². The van der Waals surface area contributed by atoms with Gasteiger partial charge in [-0.3, -0.25) is 0 Å². The monoisotopic (exact) mass is 335 g/mol. The molecule has 0 aliphatic carbocycles. The van der Waals surface area contributed by atoms with E-state index in [2.05, 4.69) is 84.0 Å². The molecule has 132 valence electrons. The molecule has 1 heterocycles. The van der Waals surface area contributed by atoms with Crippen LogP contribution in [-0.4, -0.2) is 4.98 Å². The van der Waals surface area contributed by atoms with E-state index in [1.807, 2.05) is 0 Å². The van der Waals surface area contributed by atoms with Crippen LogP contribution in [-0.2, 0) is 17.3 Å². The smallest absolute Gasteiger partial charge is 0.195 e. The molecule has 25 heavy (non-hydrogen) atoms. The highest BCUT2D eigenvalue weighted by molar-refractivity contribution is 5.79. The van der Waals surface area contributed by atoms with E-state index in [-0.39, 0.29) is 10.8 Å². The maximum atomic E-state index is 6.13. The van der Waals surface area contributed by atoms with Crippen LogP contribution in [0.25, 0.3) is 11.1 Å². The van der Waals surface area contributed by atoms with Gasteiger partial charge in [-0.1, -0.05) is 77.9 Å². The van der Waals surface area contributed by atoms with E-state index < -0.39 is 0 Å². The number of hydrogen-bond acceptors (Lipinski definition) is 2. The molecule has 0 saturated carbocycles. The SMILES string of the molecule is CCCc1nc2cc(C(C)(C)c3ccccc3)cc(C(C)(C)C)c2o1. The number of oxazole rings is 1. The summed E-state index contributed by atoms with van der Waals surface area (Å²) in [6.45, 7) is 13.4. The average molecular weight is 335 g/mol. The molecule has 0 fully saturated rings. The molecule has 0 aliphatic rings. The fourth-order valence-corrected chi connectivity index (χ4v) is 3.34. The summed E-state index contributed by atoms with van der Waals surface area (Å²) in [6, 6.07) is 15.2. The first kappa shape index (κ1) is 17.7. The number of hydrogen-bond donors (Lipinski definition) is 0. The number of aromatic nitrogens is 1. The van der Waals surface area contributed by atoms with Crippen LogP contribution in [0, 0.1) is 0 Å². The molecule has 2 nitrogen and oxygen atoms in total. The number of aryl methyl sites for hydroxylation is 1. The second-order valence-electron chi connectivity index (χ2n) is 8.47. The molecule has 3 rings (SSSR count). The highest BCUT2D eigenvalue weighted by Crippen LogP contribution is 2.38. The Morgan fingerprint density at radius 2 is 1.60 bits per heavy atom. The fraction of sp³-hybridized carbons (Fsp3) is 0.435. The molecule has 1 aromatic heterocycles. The summed E-state index contributed by atoms with van der Waals surface area (Å²) in [7, 11) is 0. The van der Waals surface area contributed by atoms with Crippen molar-refractivity contribution in [1.29, 1.82) is 0 Å². The van der Waals surface area contributed by atoms with Gasteiger partial charge < -0.3 is 4.42 Å². The summed E-state index contributed by atoms with van der Waals surface area (Å²) < 4.78 is 6.13. The van der Waals surface area contributed by atoms with Crippen molar-refractivity contribution in [2.24, 2.45) is 0 Å². The molecule has 0 aliphatic heterocycles. The Labute approximate surface area is 151 Å². The Morgan fingerprint density at radius 3 is 2.20 bits per heavy atom. The summed E-state index contributed by atoms with van der Waals surface area (Å²) in [4.78, 5) is 4.78. The van der Waals surface area contributed by atoms with E-state index >= 15 is 0 Å². The lowest BCUT2D eigenvalue weighted by Gasteiger charge is -2.28. The van der Waals surface area contributed by atoms with E-state index in [9.17, 15) is 0 Å². The first-order valence-corrected chi connectivity index (χ1v) is 9.23. The van der Waals surface area contributed by atoms with Gasteiger partial charge in [0.15, 0.2) is 11.5 Å². The van der Waals surface area contributed by atoms with Gasteiger partial charge in [-0.05, 0) is 29.0 Å². The van der Waals surface area contributed by atoms with Gasteiger partial charge >= 0.3 is 0 Å². The van der Waals surface area contributed by atoms with Gasteiger partial charge in [0, 0.05) is 17.4 Å². The van der Waals surface area contributed by atoms with Crippen LogP contribution in [0.5, 0.6) is 0 Å². The normalized spacial score (nSPS) is 12.7. The number of nitrogens with zero attached hydrogens (tertiary/aromatic N) is 1. The third-order valence-electron chi connectivity index (χ3n) is 5.02. The maximum absolute atomic E-state index is 6.13. The Morgan fingerprint density at radius 1 is 0.920 bits per heavy atom. The minimum absolute atomic E-state index is 0.00401. The predicted octanol–water partition coefficient (Wildman–Crippen LogP) is 6.40. The summed E-state index contributed by atoms with van der Waals surface area (Å²) >= 11 is 0.